The van der Waals surface area contributed by atoms with Gasteiger partial charge in [0.05, 0.1) is 0 Å². The van der Waals surface area contributed by atoms with Crippen LogP contribution in [0, 0.1) is 12.8 Å². The summed E-state index contributed by atoms with van der Waals surface area (Å²) in [6.45, 7) is 3.85. The average molecular weight is 233 g/mol. The molecule has 3 nitrogen and oxygen atoms in total. The van der Waals surface area contributed by atoms with E-state index in [-0.39, 0.29) is 5.92 Å². The van der Waals surface area contributed by atoms with Crippen LogP contribution in [0.2, 0.25) is 0 Å². The molecule has 0 aliphatic heterocycles. The van der Waals surface area contributed by atoms with Crippen LogP contribution in [0.1, 0.15) is 25.3 Å². The van der Waals surface area contributed by atoms with E-state index >= 15 is 0 Å². The highest BCUT2D eigenvalue weighted by molar-refractivity contribution is 5.84. The Morgan fingerprint density at radius 2 is 2.12 bits per heavy atom. The molecule has 0 aromatic heterocycles. The van der Waals surface area contributed by atoms with Crippen molar-refractivity contribution in [3.05, 3.63) is 29.8 Å². The van der Waals surface area contributed by atoms with E-state index in [4.69, 9.17) is 0 Å². The Balaban J connectivity index is 2.34. The molecule has 1 aliphatic rings. The van der Waals surface area contributed by atoms with Crippen molar-refractivity contribution in [1.82, 2.24) is 0 Å². The van der Waals surface area contributed by atoms with Crippen LogP contribution in [0.5, 0.6) is 0 Å². The van der Waals surface area contributed by atoms with Gasteiger partial charge in [-0.1, -0.05) is 12.1 Å². The van der Waals surface area contributed by atoms with Gasteiger partial charge in [-0.2, -0.15) is 0 Å². The number of carbonyl (C=O) groups is 1. The second kappa shape index (κ2) is 4.06. The molecule has 1 aromatic rings. The van der Waals surface area contributed by atoms with Gasteiger partial charge in [-0.25, -0.2) is 4.79 Å². The molecule has 1 saturated carbocycles. The van der Waals surface area contributed by atoms with Crippen molar-refractivity contribution >= 4 is 11.7 Å². The van der Waals surface area contributed by atoms with Crippen molar-refractivity contribution in [2.24, 2.45) is 5.92 Å². The fraction of sp³-hybridized carbons (Fsp3) is 0.500. The highest BCUT2D eigenvalue weighted by Crippen LogP contribution is 2.44. The number of aryl methyl sites for hydroxylation is 1. The SMILES string of the molecule is Cc1cccc(N(C)C(C)(C(=O)O)C2CC2)c1. The Kier molecular flexibility index (Phi) is 2.86. The molecular weight excluding hydrogens is 214 g/mol. The molecule has 17 heavy (non-hydrogen) atoms. The Bertz CT molecular complexity index is 440. The molecule has 0 amide bonds. The first-order valence-electron chi connectivity index (χ1n) is 6.00. The molecule has 0 saturated heterocycles. The van der Waals surface area contributed by atoms with Crippen LogP contribution < -0.4 is 4.90 Å². The number of likely N-dealkylation sites (N-methyl/N-ethyl adjacent to an activating group) is 1. The number of hydrogen-bond acceptors (Lipinski definition) is 2. The number of benzene rings is 1. The molecule has 0 heterocycles. The van der Waals surface area contributed by atoms with Gasteiger partial charge in [-0.05, 0) is 50.3 Å². The summed E-state index contributed by atoms with van der Waals surface area (Å²) in [7, 11) is 1.88. The molecule has 92 valence electrons. The van der Waals surface area contributed by atoms with Gasteiger partial charge >= 0.3 is 5.97 Å². The third-order valence-electron chi connectivity index (χ3n) is 3.89. The van der Waals surface area contributed by atoms with Crippen molar-refractivity contribution in [1.29, 1.82) is 0 Å². The maximum Gasteiger partial charge on any atom is 0.329 e. The maximum atomic E-state index is 11.6. The monoisotopic (exact) mass is 233 g/mol. The predicted octanol–water partition coefficient (Wildman–Crippen LogP) is 2.68. The third kappa shape index (κ3) is 2.02. The van der Waals surface area contributed by atoms with Gasteiger partial charge in [0.15, 0.2) is 0 Å². The molecule has 2 rings (SSSR count). The van der Waals surface area contributed by atoms with Crippen molar-refractivity contribution in [3.8, 4) is 0 Å². The first-order chi connectivity index (χ1) is 7.96. The van der Waals surface area contributed by atoms with E-state index in [0.29, 0.717) is 0 Å². The first kappa shape index (κ1) is 12.0. The number of nitrogens with zero attached hydrogens (tertiary/aromatic N) is 1. The molecule has 0 spiro atoms. The maximum absolute atomic E-state index is 11.6. The zero-order valence-corrected chi connectivity index (χ0v) is 10.6. The highest BCUT2D eigenvalue weighted by Gasteiger charge is 2.50. The van der Waals surface area contributed by atoms with E-state index in [9.17, 15) is 9.90 Å². The number of hydrogen-bond donors (Lipinski definition) is 1. The minimum atomic E-state index is -0.784. The number of aliphatic carboxylic acids is 1. The molecule has 1 fully saturated rings. The summed E-state index contributed by atoms with van der Waals surface area (Å²) in [6.07, 6.45) is 2.03. The van der Waals surface area contributed by atoms with Crippen molar-refractivity contribution in [2.75, 3.05) is 11.9 Å². The normalized spacial score (nSPS) is 18.5. The molecule has 1 unspecified atom stereocenters. The first-order valence-corrected chi connectivity index (χ1v) is 6.00. The van der Waals surface area contributed by atoms with Gasteiger partial charge in [0, 0.05) is 12.7 Å². The van der Waals surface area contributed by atoms with Gasteiger partial charge in [0.2, 0.25) is 0 Å². The Morgan fingerprint density at radius 3 is 2.59 bits per heavy atom. The summed E-state index contributed by atoms with van der Waals surface area (Å²) in [6, 6.07) is 7.99. The van der Waals surface area contributed by atoms with Crippen LogP contribution in [-0.4, -0.2) is 23.7 Å². The van der Waals surface area contributed by atoms with Gasteiger partial charge in [0.1, 0.15) is 5.54 Å². The van der Waals surface area contributed by atoms with Crippen LogP contribution in [-0.2, 0) is 4.79 Å². The predicted molar refractivity (Wildman–Crippen MR) is 68.3 cm³/mol. The van der Waals surface area contributed by atoms with Crippen molar-refractivity contribution in [3.63, 3.8) is 0 Å². The largest absolute Gasteiger partial charge is 0.479 e. The zero-order valence-electron chi connectivity index (χ0n) is 10.6. The summed E-state index contributed by atoms with van der Waals surface area (Å²) >= 11 is 0. The van der Waals surface area contributed by atoms with Crippen molar-refractivity contribution < 1.29 is 9.90 Å². The fourth-order valence-electron chi connectivity index (χ4n) is 2.34. The summed E-state index contributed by atoms with van der Waals surface area (Å²) in [5, 5.41) is 9.50. The molecule has 3 heteroatoms. The lowest BCUT2D eigenvalue weighted by Gasteiger charge is -2.37. The number of rotatable bonds is 4. The summed E-state index contributed by atoms with van der Waals surface area (Å²) in [5.41, 5.74) is 1.34. The van der Waals surface area contributed by atoms with Crippen LogP contribution >= 0.6 is 0 Å². The van der Waals surface area contributed by atoms with Crippen LogP contribution in [0.25, 0.3) is 0 Å². The zero-order chi connectivity index (χ0) is 12.6. The van der Waals surface area contributed by atoms with Gasteiger partial charge in [-0.15, -0.1) is 0 Å². The molecule has 1 N–H and O–H groups in total. The Morgan fingerprint density at radius 1 is 1.47 bits per heavy atom. The van der Waals surface area contributed by atoms with Gasteiger partial charge in [0.25, 0.3) is 0 Å². The molecule has 0 radical (unpaired) electrons. The highest BCUT2D eigenvalue weighted by atomic mass is 16.4. The average Bonchev–Trinajstić information content (AvgIpc) is 3.10. The molecule has 1 aliphatic carbocycles. The minimum Gasteiger partial charge on any atom is -0.479 e. The molecule has 1 atom stereocenters. The summed E-state index contributed by atoms with van der Waals surface area (Å²) in [5.74, 6) is -0.463. The van der Waals surface area contributed by atoms with Gasteiger partial charge in [-0.3, -0.25) is 0 Å². The summed E-state index contributed by atoms with van der Waals surface area (Å²) < 4.78 is 0. The Hall–Kier alpha value is -1.51. The molecule has 1 aromatic carbocycles. The third-order valence-corrected chi connectivity index (χ3v) is 3.89. The Labute approximate surface area is 102 Å². The number of carboxylic acid groups (broad SMARTS) is 1. The van der Waals surface area contributed by atoms with E-state index < -0.39 is 11.5 Å². The molecular formula is C14H19NO2. The van der Waals surface area contributed by atoms with E-state index in [1.807, 2.05) is 50.1 Å². The summed E-state index contributed by atoms with van der Waals surface area (Å²) in [4.78, 5) is 13.5. The van der Waals surface area contributed by atoms with Crippen molar-refractivity contribution in [2.45, 2.75) is 32.2 Å². The minimum absolute atomic E-state index is 0.269. The van der Waals surface area contributed by atoms with E-state index in [1.165, 1.54) is 0 Å². The second-order valence-electron chi connectivity index (χ2n) is 5.12. The molecule has 0 bridgehead atoms. The van der Waals surface area contributed by atoms with E-state index in [2.05, 4.69) is 0 Å². The lowest BCUT2D eigenvalue weighted by molar-refractivity contribution is -0.143. The standard InChI is InChI=1S/C14H19NO2/c1-10-5-4-6-12(9-10)15(3)14(2,13(16)17)11-7-8-11/h4-6,9,11H,7-8H2,1-3H3,(H,16,17). The number of carboxylic acids is 1. The van der Waals surface area contributed by atoms with E-state index in [1.54, 1.807) is 0 Å². The van der Waals surface area contributed by atoms with Gasteiger partial charge < -0.3 is 10.0 Å². The van der Waals surface area contributed by atoms with Crippen LogP contribution in [0.3, 0.4) is 0 Å². The topological polar surface area (TPSA) is 40.5 Å². The quantitative estimate of drug-likeness (QED) is 0.869. The smallest absolute Gasteiger partial charge is 0.329 e. The van der Waals surface area contributed by atoms with Crippen LogP contribution in [0.15, 0.2) is 24.3 Å². The number of anilines is 1. The van der Waals surface area contributed by atoms with E-state index in [0.717, 1.165) is 24.1 Å². The fourth-order valence-corrected chi connectivity index (χ4v) is 2.34. The van der Waals surface area contributed by atoms with Crippen LogP contribution in [0.4, 0.5) is 5.69 Å². The lowest BCUT2D eigenvalue weighted by atomic mass is 9.93. The second-order valence-corrected chi connectivity index (χ2v) is 5.12. The lowest BCUT2D eigenvalue weighted by Crippen LogP contribution is -2.52.